The number of hydrogen-bond acceptors (Lipinski definition) is 5. The van der Waals surface area contributed by atoms with E-state index in [0.29, 0.717) is 12.3 Å². The lowest BCUT2D eigenvalue weighted by Gasteiger charge is -2.51. The first kappa shape index (κ1) is 14.3. The summed E-state index contributed by atoms with van der Waals surface area (Å²) < 4.78 is 11.1. The number of carbonyl (C=O) groups excluding carboxylic acids is 1. The van der Waals surface area contributed by atoms with Crippen LogP contribution in [-0.2, 0) is 14.3 Å². The van der Waals surface area contributed by atoms with Gasteiger partial charge in [-0.25, -0.2) is 9.79 Å². The van der Waals surface area contributed by atoms with Gasteiger partial charge in [0.2, 0.25) is 5.90 Å². The SMILES string of the molecule is COC1=N[C@]2(CC[C@H]2CO)C(=O)O[C@@]1(C)C(C)(C)C. The van der Waals surface area contributed by atoms with Crippen molar-refractivity contribution in [3.05, 3.63) is 0 Å². The molecule has 0 aromatic carbocycles. The van der Waals surface area contributed by atoms with Gasteiger partial charge in [0.05, 0.1) is 7.11 Å². The molecule has 1 heterocycles. The standard InChI is InChI=1S/C14H23NO4/c1-12(2,3)13(4)10(18-5)15-14(11(17)19-13)7-6-9(14)8-16/h9,16H,6-8H2,1-5H3/t9-,13+,14-/m0/s1. The molecule has 0 aromatic heterocycles. The molecule has 2 aliphatic rings. The summed E-state index contributed by atoms with van der Waals surface area (Å²) >= 11 is 0. The maximum absolute atomic E-state index is 12.4. The van der Waals surface area contributed by atoms with Gasteiger partial charge in [0.25, 0.3) is 0 Å². The zero-order valence-electron chi connectivity index (χ0n) is 12.3. The molecule has 3 atom stereocenters. The number of cyclic esters (lactones) is 1. The van der Waals surface area contributed by atoms with Gasteiger partial charge in [-0.15, -0.1) is 0 Å². The second kappa shape index (κ2) is 4.20. The molecule has 5 heteroatoms. The molecule has 1 aliphatic carbocycles. The van der Waals surface area contributed by atoms with Crippen molar-refractivity contribution in [2.24, 2.45) is 16.3 Å². The van der Waals surface area contributed by atoms with Gasteiger partial charge in [-0.2, -0.15) is 0 Å². The molecule has 0 bridgehead atoms. The molecule has 0 radical (unpaired) electrons. The maximum atomic E-state index is 12.4. The van der Waals surface area contributed by atoms with Crippen molar-refractivity contribution in [3.63, 3.8) is 0 Å². The smallest absolute Gasteiger partial charge is 0.335 e. The number of aliphatic hydroxyl groups excluding tert-OH is 1. The Morgan fingerprint density at radius 1 is 1.53 bits per heavy atom. The summed E-state index contributed by atoms with van der Waals surface area (Å²) in [6.45, 7) is 7.72. The van der Waals surface area contributed by atoms with Gasteiger partial charge in [0, 0.05) is 17.9 Å². The minimum atomic E-state index is -0.926. The molecule has 19 heavy (non-hydrogen) atoms. The van der Waals surface area contributed by atoms with Crippen molar-refractivity contribution >= 4 is 11.9 Å². The molecular weight excluding hydrogens is 246 g/mol. The third kappa shape index (κ3) is 1.78. The van der Waals surface area contributed by atoms with E-state index in [9.17, 15) is 9.90 Å². The normalized spacial score (nSPS) is 38.5. The van der Waals surface area contributed by atoms with Gasteiger partial charge >= 0.3 is 5.97 Å². The molecule has 0 saturated heterocycles. The van der Waals surface area contributed by atoms with Crippen molar-refractivity contribution in [2.45, 2.75) is 51.7 Å². The number of hydrogen-bond donors (Lipinski definition) is 1. The molecule has 1 aliphatic heterocycles. The van der Waals surface area contributed by atoms with Gasteiger partial charge in [-0.05, 0) is 19.8 Å². The van der Waals surface area contributed by atoms with Crippen LogP contribution in [0.1, 0.15) is 40.5 Å². The van der Waals surface area contributed by atoms with Crippen LogP contribution in [0.5, 0.6) is 0 Å². The molecule has 1 N–H and O–H groups in total. The number of rotatable bonds is 1. The lowest BCUT2D eigenvalue weighted by molar-refractivity contribution is -0.181. The van der Waals surface area contributed by atoms with Crippen molar-refractivity contribution in [1.82, 2.24) is 0 Å². The van der Waals surface area contributed by atoms with E-state index in [1.54, 1.807) is 7.11 Å². The second-order valence-corrected chi connectivity index (χ2v) is 6.64. The Bertz CT molecular complexity index is 424. The number of esters is 1. The van der Waals surface area contributed by atoms with E-state index >= 15 is 0 Å². The number of ether oxygens (including phenoxy) is 2. The second-order valence-electron chi connectivity index (χ2n) is 6.64. The molecule has 0 aromatic rings. The lowest BCUT2D eigenvalue weighted by Crippen LogP contribution is -2.65. The predicted octanol–water partition coefficient (Wildman–Crippen LogP) is 1.53. The summed E-state index contributed by atoms with van der Waals surface area (Å²) in [5, 5.41) is 9.35. The van der Waals surface area contributed by atoms with E-state index in [0.717, 1.165) is 6.42 Å². The highest BCUT2D eigenvalue weighted by molar-refractivity contribution is 5.97. The van der Waals surface area contributed by atoms with Crippen LogP contribution in [0.4, 0.5) is 0 Å². The average Bonchev–Trinajstić information content (AvgIpc) is 2.27. The first-order valence-corrected chi connectivity index (χ1v) is 6.70. The summed E-state index contributed by atoms with van der Waals surface area (Å²) in [7, 11) is 1.54. The zero-order valence-corrected chi connectivity index (χ0v) is 12.3. The number of aliphatic imine (C=N–C) groups is 1. The van der Waals surface area contributed by atoms with Gasteiger partial charge in [0.15, 0.2) is 11.1 Å². The monoisotopic (exact) mass is 269 g/mol. The topological polar surface area (TPSA) is 68.1 Å². The van der Waals surface area contributed by atoms with Crippen molar-refractivity contribution in [1.29, 1.82) is 0 Å². The summed E-state index contributed by atoms with van der Waals surface area (Å²) in [5.74, 6) is -0.0524. The Morgan fingerprint density at radius 2 is 2.16 bits per heavy atom. The first-order valence-electron chi connectivity index (χ1n) is 6.70. The highest BCUT2D eigenvalue weighted by atomic mass is 16.6. The lowest BCUT2D eigenvalue weighted by atomic mass is 9.65. The zero-order chi connectivity index (χ0) is 14.5. The number of nitrogens with zero attached hydrogens (tertiary/aromatic N) is 1. The molecule has 1 fully saturated rings. The van der Waals surface area contributed by atoms with Crippen LogP contribution in [-0.4, -0.2) is 41.8 Å². The van der Waals surface area contributed by atoms with Crippen LogP contribution < -0.4 is 0 Å². The fourth-order valence-electron chi connectivity index (χ4n) is 2.65. The quantitative estimate of drug-likeness (QED) is 0.733. The Balaban J connectivity index is 2.47. The minimum Gasteiger partial charge on any atom is -0.481 e. The number of carbonyl (C=O) groups is 1. The first-order chi connectivity index (χ1) is 8.71. The molecule has 1 spiro atoms. The molecule has 2 rings (SSSR count). The molecule has 1 saturated carbocycles. The third-order valence-electron chi connectivity index (χ3n) is 4.75. The Labute approximate surface area is 114 Å². The van der Waals surface area contributed by atoms with Gasteiger partial charge < -0.3 is 14.6 Å². The van der Waals surface area contributed by atoms with Crippen molar-refractivity contribution in [3.8, 4) is 0 Å². The fraction of sp³-hybridized carbons (Fsp3) is 0.857. The fourth-order valence-corrected chi connectivity index (χ4v) is 2.65. The molecule has 5 nitrogen and oxygen atoms in total. The highest BCUT2D eigenvalue weighted by Crippen LogP contribution is 2.49. The predicted molar refractivity (Wildman–Crippen MR) is 70.9 cm³/mol. The van der Waals surface area contributed by atoms with E-state index in [4.69, 9.17) is 9.47 Å². The molecule has 0 amide bonds. The van der Waals surface area contributed by atoms with E-state index in [1.165, 1.54) is 0 Å². The van der Waals surface area contributed by atoms with E-state index < -0.39 is 11.1 Å². The van der Waals surface area contributed by atoms with Crippen molar-refractivity contribution < 1.29 is 19.4 Å². The van der Waals surface area contributed by atoms with E-state index in [2.05, 4.69) is 4.99 Å². The van der Waals surface area contributed by atoms with Gasteiger partial charge in [0.1, 0.15) is 0 Å². The summed E-state index contributed by atoms with van der Waals surface area (Å²) in [4.78, 5) is 16.9. The third-order valence-corrected chi connectivity index (χ3v) is 4.75. The minimum absolute atomic E-state index is 0.0537. The van der Waals surface area contributed by atoms with Gasteiger partial charge in [-0.3, -0.25) is 0 Å². The van der Waals surface area contributed by atoms with Crippen molar-refractivity contribution in [2.75, 3.05) is 13.7 Å². The van der Waals surface area contributed by atoms with Gasteiger partial charge in [-0.1, -0.05) is 20.8 Å². The van der Waals surface area contributed by atoms with Crippen LogP contribution >= 0.6 is 0 Å². The number of methoxy groups -OCH3 is 1. The highest BCUT2D eigenvalue weighted by Gasteiger charge is 2.62. The van der Waals surface area contributed by atoms with Crippen LogP contribution in [0.25, 0.3) is 0 Å². The maximum Gasteiger partial charge on any atom is 0.335 e. The van der Waals surface area contributed by atoms with Crippen LogP contribution in [0.15, 0.2) is 4.99 Å². The Morgan fingerprint density at radius 3 is 2.53 bits per heavy atom. The molecular formula is C14H23NO4. The largest absolute Gasteiger partial charge is 0.481 e. The summed E-state index contributed by atoms with van der Waals surface area (Å²) in [5.41, 5.74) is -2.12. The average molecular weight is 269 g/mol. The summed E-state index contributed by atoms with van der Waals surface area (Å²) in [6, 6.07) is 0. The van der Waals surface area contributed by atoms with Crippen LogP contribution in [0.2, 0.25) is 0 Å². The van der Waals surface area contributed by atoms with Crippen LogP contribution in [0.3, 0.4) is 0 Å². The molecule has 0 unspecified atom stereocenters. The molecule has 108 valence electrons. The Kier molecular flexibility index (Phi) is 3.16. The summed E-state index contributed by atoms with van der Waals surface area (Å²) in [6.07, 6.45) is 1.41. The number of aliphatic hydroxyl groups is 1. The Hall–Kier alpha value is -1.10. The van der Waals surface area contributed by atoms with E-state index in [-0.39, 0.29) is 23.9 Å². The van der Waals surface area contributed by atoms with E-state index in [1.807, 2.05) is 27.7 Å². The van der Waals surface area contributed by atoms with Crippen LogP contribution in [0, 0.1) is 11.3 Å².